The number of carbonyl (C=O) groups is 3. The highest BCUT2D eigenvalue weighted by Crippen LogP contribution is 2.20. The quantitative estimate of drug-likeness (QED) is 0.253. The predicted octanol–water partition coefficient (Wildman–Crippen LogP) is -1.66. The van der Waals surface area contributed by atoms with Crippen LogP contribution in [0.3, 0.4) is 0 Å². The van der Waals surface area contributed by atoms with Gasteiger partial charge in [0.25, 0.3) is 5.91 Å². The molecule has 0 saturated carbocycles. The highest BCUT2D eigenvalue weighted by Gasteiger charge is 2.36. The fourth-order valence-corrected chi connectivity index (χ4v) is 3.76. The average Bonchev–Trinajstić information content (AvgIpc) is 2.74. The van der Waals surface area contributed by atoms with E-state index in [1.807, 2.05) is 44.2 Å². The van der Waals surface area contributed by atoms with E-state index in [1.165, 1.54) is 6.08 Å². The van der Waals surface area contributed by atoms with E-state index in [-0.39, 0.29) is 30.4 Å². The molecule has 9 nitrogen and oxygen atoms in total. The molecule has 1 aromatic rings. The average molecular weight is 448 g/mol. The van der Waals surface area contributed by atoms with Gasteiger partial charge in [-0.05, 0) is 11.5 Å². The summed E-state index contributed by atoms with van der Waals surface area (Å²) in [5.74, 6) is -1.24. The third-order valence-electron chi connectivity index (χ3n) is 5.57. The van der Waals surface area contributed by atoms with Crippen molar-refractivity contribution in [1.29, 1.82) is 0 Å². The highest BCUT2D eigenvalue weighted by molar-refractivity contribution is 5.97. The maximum absolute atomic E-state index is 12.8. The lowest BCUT2D eigenvalue weighted by Gasteiger charge is -2.32. The first-order valence-electron chi connectivity index (χ1n) is 10.9. The molecule has 1 aromatic carbocycles. The Morgan fingerprint density at radius 1 is 1.19 bits per heavy atom. The van der Waals surface area contributed by atoms with Gasteiger partial charge in [-0.3, -0.25) is 14.4 Å². The fourth-order valence-electron chi connectivity index (χ4n) is 3.76. The summed E-state index contributed by atoms with van der Waals surface area (Å²) >= 11 is 0. The minimum absolute atomic E-state index is 0.106. The molecule has 9 heteroatoms. The van der Waals surface area contributed by atoms with Crippen molar-refractivity contribution in [2.75, 3.05) is 7.05 Å². The van der Waals surface area contributed by atoms with Crippen molar-refractivity contribution in [3.05, 3.63) is 47.5 Å². The maximum atomic E-state index is 12.8. The number of primary amides is 1. The van der Waals surface area contributed by atoms with Crippen molar-refractivity contribution in [3.8, 4) is 0 Å². The first kappa shape index (κ1) is 25.5. The number of quaternary nitrogens is 1. The van der Waals surface area contributed by atoms with Crippen LogP contribution >= 0.6 is 0 Å². The lowest BCUT2D eigenvalue weighted by atomic mass is 9.89. The number of likely N-dealkylation sites (N-methyl/N-ethyl adjacent to an activating group) is 1. The number of carbonyl (C=O) groups excluding carboxylic acids is 3. The molecule has 0 aliphatic heterocycles. The summed E-state index contributed by atoms with van der Waals surface area (Å²) in [6, 6.07) is 6.93. The van der Waals surface area contributed by atoms with Gasteiger partial charge in [-0.25, -0.2) is 0 Å². The Hall–Kier alpha value is -2.75. The van der Waals surface area contributed by atoms with Gasteiger partial charge in [0, 0.05) is 24.8 Å². The number of hydrogen-bond donors (Lipinski definition) is 6. The smallest absolute Gasteiger partial charge is 0.278 e. The second-order valence-electron chi connectivity index (χ2n) is 8.68. The number of hydrogen-bond acceptors (Lipinski definition) is 5. The minimum atomic E-state index is -1.25. The van der Waals surface area contributed by atoms with Crippen LogP contribution in [-0.2, 0) is 20.8 Å². The van der Waals surface area contributed by atoms with Crippen molar-refractivity contribution in [3.63, 3.8) is 0 Å². The molecular weight excluding hydrogens is 412 g/mol. The van der Waals surface area contributed by atoms with Gasteiger partial charge in [0.05, 0.1) is 19.2 Å². The summed E-state index contributed by atoms with van der Waals surface area (Å²) in [5.41, 5.74) is 6.48. The molecule has 0 saturated heterocycles. The molecule has 5 atom stereocenters. The van der Waals surface area contributed by atoms with E-state index in [1.54, 1.807) is 12.4 Å². The van der Waals surface area contributed by atoms with Gasteiger partial charge in [-0.15, -0.1) is 0 Å². The summed E-state index contributed by atoms with van der Waals surface area (Å²) in [6.45, 7) is 4.02. The highest BCUT2D eigenvalue weighted by atomic mass is 16.3. The molecular formula is C23H35N4O5+. The number of benzene rings is 1. The molecule has 0 radical (unpaired) electrons. The van der Waals surface area contributed by atoms with Crippen LogP contribution in [-0.4, -0.2) is 65.3 Å². The molecule has 176 valence electrons. The molecule has 0 bridgehead atoms. The monoisotopic (exact) mass is 447 g/mol. The van der Waals surface area contributed by atoms with Crippen LogP contribution in [0.4, 0.5) is 0 Å². The fraction of sp³-hybridized carbons (Fsp3) is 0.522. The number of rotatable bonds is 10. The molecule has 1 aliphatic carbocycles. The Balaban J connectivity index is 2.13. The Bertz CT molecular complexity index is 827. The SMILES string of the molecule is C[NH2+][C@@H](CC(C)C)C(=O)N[C@@H]1C=C(C(=O)N[C@H](Cc2ccccc2)C(N)=O)C[C@@H](O)[C@@H]1O. The molecule has 0 spiro atoms. The number of aliphatic hydroxyl groups excluding tert-OH is 2. The number of nitrogens with two attached hydrogens (primary N) is 2. The van der Waals surface area contributed by atoms with Crippen molar-refractivity contribution < 1.29 is 29.9 Å². The largest absolute Gasteiger partial charge is 0.390 e. The molecule has 1 aliphatic rings. The summed E-state index contributed by atoms with van der Waals surface area (Å²) in [5, 5.41) is 27.8. The minimum Gasteiger partial charge on any atom is -0.390 e. The van der Waals surface area contributed by atoms with E-state index in [9.17, 15) is 24.6 Å². The Kier molecular flexibility index (Phi) is 9.37. The number of aliphatic hydroxyl groups is 2. The lowest BCUT2D eigenvalue weighted by Crippen LogP contribution is -2.89. The van der Waals surface area contributed by atoms with Gasteiger partial charge in [0.15, 0.2) is 6.04 Å². The maximum Gasteiger partial charge on any atom is 0.278 e. The zero-order chi connectivity index (χ0) is 23.8. The molecule has 0 aromatic heterocycles. The van der Waals surface area contributed by atoms with Crippen molar-refractivity contribution in [1.82, 2.24) is 10.6 Å². The molecule has 32 heavy (non-hydrogen) atoms. The summed E-state index contributed by atoms with van der Waals surface area (Å²) in [6.07, 6.45) is -0.280. The Morgan fingerprint density at radius 2 is 1.84 bits per heavy atom. The van der Waals surface area contributed by atoms with E-state index < -0.39 is 36.1 Å². The topological polar surface area (TPSA) is 158 Å². The molecule has 0 fully saturated rings. The van der Waals surface area contributed by atoms with Crippen LogP contribution in [0.1, 0.15) is 32.3 Å². The molecule has 0 heterocycles. The zero-order valence-electron chi connectivity index (χ0n) is 18.8. The van der Waals surface area contributed by atoms with E-state index in [0.717, 1.165) is 5.56 Å². The third kappa shape index (κ3) is 7.15. The van der Waals surface area contributed by atoms with Gasteiger partial charge >= 0.3 is 0 Å². The van der Waals surface area contributed by atoms with Crippen LogP contribution in [0.25, 0.3) is 0 Å². The summed E-state index contributed by atoms with van der Waals surface area (Å²) < 4.78 is 0. The first-order valence-corrected chi connectivity index (χ1v) is 10.9. The predicted molar refractivity (Wildman–Crippen MR) is 119 cm³/mol. The van der Waals surface area contributed by atoms with E-state index >= 15 is 0 Å². The first-order chi connectivity index (χ1) is 15.1. The van der Waals surface area contributed by atoms with Crippen molar-refractivity contribution in [2.24, 2.45) is 11.7 Å². The van der Waals surface area contributed by atoms with Gasteiger partial charge in [-0.1, -0.05) is 50.3 Å². The second-order valence-corrected chi connectivity index (χ2v) is 8.68. The Labute approximate surface area is 188 Å². The molecule has 8 N–H and O–H groups in total. The van der Waals surface area contributed by atoms with Crippen LogP contribution in [0, 0.1) is 5.92 Å². The second kappa shape index (κ2) is 11.8. The third-order valence-corrected chi connectivity index (χ3v) is 5.57. The standard InChI is InChI=1S/C23H34N4O5/c1-13(2)9-18(25-3)23(32)26-16-11-15(12-19(28)20(16)29)22(31)27-17(21(24)30)10-14-7-5-4-6-8-14/h4-8,11,13,16-20,25,28-29H,9-10,12H2,1-3H3,(H2,24,30)(H,26,32)(H,27,31)/p+1/t16-,17-,18+,19-,20-/m1/s1. The molecule has 3 amide bonds. The van der Waals surface area contributed by atoms with Crippen molar-refractivity contribution in [2.45, 2.75) is 63.4 Å². The van der Waals surface area contributed by atoms with Gasteiger partial charge in [0.1, 0.15) is 12.1 Å². The van der Waals surface area contributed by atoms with Crippen LogP contribution < -0.4 is 21.7 Å². The van der Waals surface area contributed by atoms with E-state index in [0.29, 0.717) is 12.3 Å². The van der Waals surface area contributed by atoms with E-state index in [2.05, 4.69) is 10.6 Å². The summed E-state index contributed by atoms with van der Waals surface area (Å²) in [7, 11) is 1.80. The van der Waals surface area contributed by atoms with Crippen LogP contribution in [0.2, 0.25) is 0 Å². The number of nitrogens with one attached hydrogen (secondary N) is 2. The van der Waals surface area contributed by atoms with Crippen LogP contribution in [0.15, 0.2) is 42.0 Å². The van der Waals surface area contributed by atoms with Crippen LogP contribution in [0.5, 0.6) is 0 Å². The normalized spacial score (nSPS) is 22.6. The Morgan fingerprint density at radius 3 is 2.41 bits per heavy atom. The zero-order valence-corrected chi connectivity index (χ0v) is 18.8. The van der Waals surface area contributed by atoms with Gasteiger partial charge in [0.2, 0.25) is 11.8 Å². The van der Waals surface area contributed by atoms with E-state index in [4.69, 9.17) is 5.73 Å². The lowest BCUT2D eigenvalue weighted by molar-refractivity contribution is -0.651. The number of amides is 3. The summed E-state index contributed by atoms with van der Waals surface area (Å²) in [4.78, 5) is 37.4. The molecule has 2 rings (SSSR count). The van der Waals surface area contributed by atoms with Gasteiger partial charge in [-0.2, -0.15) is 0 Å². The molecule has 0 unspecified atom stereocenters. The van der Waals surface area contributed by atoms with Crippen molar-refractivity contribution >= 4 is 17.7 Å². The van der Waals surface area contributed by atoms with Gasteiger partial charge < -0.3 is 31.9 Å².